The van der Waals surface area contributed by atoms with Crippen LogP contribution in [0.2, 0.25) is 0 Å². The third-order valence-corrected chi connectivity index (χ3v) is 3.81. The molecule has 5 nitrogen and oxygen atoms in total. The Bertz CT molecular complexity index is 822. The smallest absolute Gasteiger partial charge is 0.223 e. The molecule has 0 atom stereocenters. The second-order valence-electron chi connectivity index (χ2n) is 5.84. The van der Waals surface area contributed by atoms with Crippen LogP contribution in [0.15, 0.2) is 42.5 Å². The molecule has 0 unspecified atom stereocenters. The molecule has 0 saturated heterocycles. The van der Waals surface area contributed by atoms with Crippen molar-refractivity contribution >= 4 is 16.9 Å². The van der Waals surface area contributed by atoms with Crippen molar-refractivity contribution in [1.29, 1.82) is 0 Å². The highest BCUT2D eigenvalue weighted by atomic mass is 16.5. The number of imidazole rings is 1. The monoisotopic (exact) mass is 323 g/mol. The summed E-state index contributed by atoms with van der Waals surface area (Å²) in [5.41, 5.74) is 4.15. The Morgan fingerprint density at radius 1 is 1.21 bits per heavy atom. The number of ether oxygens (including phenoxy) is 1. The highest BCUT2D eigenvalue weighted by Crippen LogP contribution is 2.18. The van der Waals surface area contributed by atoms with Crippen LogP contribution in [0.4, 0.5) is 0 Å². The van der Waals surface area contributed by atoms with Gasteiger partial charge in [-0.1, -0.05) is 29.8 Å². The van der Waals surface area contributed by atoms with Crippen LogP contribution < -0.4 is 10.1 Å². The van der Waals surface area contributed by atoms with E-state index in [0.29, 0.717) is 19.6 Å². The number of aromatic amines is 1. The number of aromatic nitrogens is 2. The van der Waals surface area contributed by atoms with Crippen LogP contribution >= 0.6 is 0 Å². The van der Waals surface area contributed by atoms with Crippen LogP contribution in [0, 0.1) is 13.8 Å². The molecule has 0 radical (unpaired) electrons. The maximum absolute atomic E-state index is 11.9. The third-order valence-electron chi connectivity index (χ3n) is 3.81. The first-order chi connectivity index (χ1) is 11.6. The second-order valence-corrected chi connectivity index (χ2v) is 5.84. The molecule has 1 amide bonds. The highest BCUT2D eigenvalue weighted by molar-refractivity contribution is 5.77. The Morgan fingerprint density at radius 3 is 2.83 bits per heavy atom. The first kappa shape index (κ1) is 16.1. The van der Waals surface area contributed by atoms with E-state index in [2.05, 4.69) is 21.4 Å². The summed E-state index contributed by atoms with van der Waals surface area (Å²) in [6, 6.07) is 13.8. The largest absolute Gasteiger partial charge is 0.493 e. The molecule has 1 aromatic heterocycles. The van der Waals surface area contributed by atoms with E-state index in [-0.39, 0.29) is 5.91 Å². The minimum Gasteiger partial charge on any atom is -0.493 e. The Balaban J connectivity index is 1.45. The lowest BCUT2D eigenvalue weighted by molar-refractivity contribution is -0.121. The van der Waals surface area contributed by atoms with Gasteiger partial charge in [0.1, 0.15) is 11.6 Å². The standard InChI is InChI=1S/C19H21N3O2/c1-13-7-8-17(14(2)11-13)24-10-9-19(23)20-12-18-21-15-5-3-4-6-16(15)22-18/h3-8,11H,9-10,12H2,1-2H3,(H,20,23)(H,21,22). The van der Waals surface area contributed by atoms with Gasteiger partial charge in [-0.15, -0.1) is 0 Å². The molecule has 0 saturated carbocycles. The van der Waals surface area contributed by atoms with Crippen LogP contribution in [-0.4, -0.2) is 22.5 Å². The van der Waals surface area contributed by atoms with E-state index in [1.807, 2.05) is 50.2 Å². The molecule has 0 bridgehead atoms. The molecule has 3 rings (SSSR count). The zero-order valence-electron chi connectivity index (χ0n) is 13.9. The van der Waals surface area contributed by atoms with Crippen molar-refractivity contribution in [3.8, 4) is 5.75 Å². The first-order valence-corrected chi connectivity index (χ1v) is 8.02. The summed E-state index contributed by atoms with van der Waals surface area (Å²) in [7, 11) is 0. The number of hydrogen-bond donors (Lipinski definition) is 2. The second kappa shape index (κ2) is 7.17. The van der Waals surface area contributed by atoms with Crippen LogP contribution in [-0.2, 0) is 11.3 Å². The number of carbonyl (C=O) groups is 1. The van der Waals surface area contributed by atoms with E-state index in [0.717, 1.165) is 28.2 Å². The van der Waals surface area contributed by atoms with Gasteiger partial charge in [-0.05, 0) is 37.6 Å². The van der Waals surface area contributed by atoms with E-state index >= 15 is 0 Å². The van der Waals surface area contributed by atoms with Gasteiger partial charge in [0.25, 0.3) is 0 Å². The van der Waals surface area contributed by atoms with Crippen molar-refractivity contribution in [2.75, 3.05) is 6.61 Å². The van der Waals surface area contributed by atoms with Crippen molar-refractivity contribution in [2.24, 2.45) is 0 Å². The van der Waals surface area contributed by atoms with E-state index in [1.54, 1.807) is 0 Å². The Kier molecular flexibility index (Phi) is 4.79. The zero-order valence-corrected chi connectivity index (χ0v) is 13.9. The molecular formula is C19H21N3O2. The molecule has 1 heterocycles. The number of amides is 1. The lowest BCUT2D eigenvalue weighted by atomic mass is 10.1. The van der Waals surface area contributed by atoms with Crippen LogP contribution in [0.25, 0.3) is 11.0 Å². The third kappa shape index (κ3) is 3.93. The Morgan fingerprint density at radius 2 is 2.04 bits per heavy atom. The SMILES string of the molecule is Cc1ccc(OCCC(=O)NCc2nc3ccccc3[nH]2)c(C)c1. The highest BCUT2D eigenvalue weighted by Gasteiger charge is 2.06. The van der Waals surface area contributed by atoms with Gasteiger partial charge in [-0.3, -0.25) is 4.79 Å². The maximum Gasteiger partial charge on any atom is 0.223 e. The quantitative estimate of drug-likeness (QED) is 0.731. The number of aryl methyl sites for hydroxylation is 2. The van der Waals surface area contributed by atoms with Crippen molar-refractivity contribution in [3.05, 3.63) is 59.4 Å². The lowest BCUT2D eigenvalue weighted by Crippen LogP contribution is -2.25. The molecule has 0 aliphatic rings. The van der Waals surface area contributed by atoms with E-state index in [4.69, 9.17) is 4.74 Å². The normalized spacial score (nSPS) is 10.8. The van der Waals surface area contributed by atoms with Gasteiger partial charge in [-0.25, -0.2) is 4.98 Å². The number of carbonyl (C=O) groups excluding carboxylic acids is 1. The fourth-order valence-electron chi connectivity index (χ4n) is 2.58. The van der Waals surface area contributed by atoms with Gasteiger partial charge in [-0.2, -0.15) is 0 Å². The molecule has 2 aromatic carbocycles. The molecule has 2 N–H and O–H groups in total. The average Bonchev–Trinajstić information content (AvgIpc) is 2.98. The molecule has 0 spiro atoms. The first-order valence-electron chi connectivity index (χ1n) is 8.02. The van der Waals surface area contributed by atoms with Crippen molar-refractivity contribution < 1.29 is 9.53 Å². The molecule has 0 aliphatic carbocycles. The Hall–Kier alpha value is -2.82. The molecular weight excluding hydrogens is 302 g/mol. The van der Waals surface area contributed by atoms with Gasteiger partial charge in [0, 0.05) is 0 Å². The number of fused-ring (bicyclic) bond motifs is 1. The minimum atomic E-state index is -0.0554. The molecule has 0 aliphatic heterocycles. The van der Waals surface area contributed by atoms with Crippen molar-refractivity contribution in [2.45, 2.75) is 26.8 Å². The van der Waals surface area contributed by atoms with Gasteiger partial charge < -0.3 is 15.0 Å². The molecule has 5 heteroatoms. The van der Waals surface area contributed by atoms with Crippen LogP contribution in [0.3, 0.4) is 0 Å². The van der Waals surface area contributed by atoms with E-state index in [1.165, 1.54) is 5.56 Å². The molecule has 24 heavy (non-hydrogen) atoms. The fourth-order valence-corrected chi connectivity index (χ4v) is 2.58. The minimum absolute atomic E-state index is 0.0554. The molecule has 0 fully saturated rings. The maximum atomic E-state index is 11.9. The fraction of sp³-hybridized carbons (Fsp3) is 0.263. The molecule has 3 aromatic rings. The number of rotatable bonds is 6. The van der Waals surface area contributed by atoms with Gasteiger partial charge >= 0.3 is 0 Å². The number of hydrogen-bond acceptors (Lipinski definition) is 3. The zero-order chi connectivity index (χ0) is 16.9. The summed E-state index contributed by atoms with van der Waals surface area (Å²) in [5, 5.41) is 2.86. The molecule has 124 valence electrons. The predicted octanol–water partition coefficient (Wildman–Crippen LogP) is 3.27. The topological polar surface area (TPSA) is 67.0 Å². The van der Waals surface area contributed by atoms with Gasteiger partial charge in [0.15, 0.2) is 0 Å². The van der Waals surface area contributed by atoms with Gasteiger partial charge in [0.2, 0.25) is 5.91 Å². The Labute approximate surface area is 141 Å². The number of nitrogens with one attached hydrogen (secondary N) is 2. The summed E-state index contributed by atoms with van der Waals surface area (Å²) >= 11 is 0. The van der Waals surface area contributed by atoms with E-state index < -0.39 is 0 Å². The van der Waals surface area contributed by atoms with E-state index in [9.17, 15) is 4.79 Å². The number of H-pyrrole nitrogens is 1. The summed E-state index contributed by atoms with van der Waals surface area (Å²) in [5.74, 6) is 1.52. The number of para-hydroxylation sites is 2. The lowest BCUT2D eigenvalue weighted by Gasteiger charge is -2.09. The summed E-state index contributed by atoms with van der Waals surface area (Å²) in [4.78, 5) is 19.5. The van der Waals surface area contributed by atoms with Crippen molar-refractivity contribution in [3.63, 3.8) is 0 Å². The summed E-state index contributed by atoms with van der Waals surface area (Å²) in [6.45, 7) is 4.79. The van der Waals surface area contributed by atoms with Crippen LogP contribution in [0.1, 0.15) is 23.4 Å². The van der Waals surface area contributed by atoms with Crippen LogP contribution in [0.5, 0.6) is 5.75 Å². The predicted molar refractivity (Wildman–Crippen MR) is 94.0 cm³/mol. The average molecular weight is 323 g/mol. The number of benzene rings is 2. The van der Waals surface area contributed by atoms with Crippen molar-refractivity contribution in [1.82, 2.24) is 15.3 Å². The number of nitrogens with zero attached hydrogens (tertiary/aromatic N) is 1. The summed E-state index contributed by atoms with van der Waals surface area (Å²) < 4.78 is 5.68. The van der Waals surface area contributed by atoms with Gasteiger partial charge in [0.05, 0.1) is 30.6 Å². The summed E-state index contributed by atoms with van der Waals surface area (Å²) in [6.07, 6.45) is 0.313.